The molecule has 6 nitrogen and oxygen atoms in total. The lowest BCUT2D eigenvalue weighted by Crippen LogP contribution is -2.45. The first kappa shape index (κ1) is 17.2. The van der Waals surface area contributed by atoms with Crippen molar-refractivity contribution in [3.8, 4) is 0 Å². The minimum Gasteiger partial charge on any atom is -0.356 e. The lowest BCUT2D eigenvalue weighted by molar-refractivity contribution is -0.169. The highest BCUT2D eigenvalue weighted by Gasteiger charge is 2.40. The monoisotopic (exact) mass is 354 g/mol. The van der Waals surface area contributed by atoms with Crippen molar-refractivity contribution >= 4 is 17.3 Å². The molecule has 0 radical (unpaired) electrons. The third-order valence-corrected chi connectivity index (χ3v) is 5.22. The number of ether oxygens (including phenoxy) is 2. The minimum absolute atomic E-state index is 0.363. The molecule has 0 aliphatic carbocycles. The van der Waals surface area contributed by atoms with Gasteiger partial charge in [-0.25, -0.2) is 9.97 Å². The van der Waals surface area contributed by atoms with E-state index in [-0.39, 0.29) is 5.79 Å². The highest BCUT2D eigenvalue weighted by Crippen LogP contribution is 2.33. The summed E-state index contributed by atoms with van der Waals surface area (Å²) in [6.07, 6.45) is 1.74. The molecule has 0 amide bonds. The van der Waals surface area contributed by atoms with Gasteiger partial charge >= 0.3 is 0 Å². The molecule has 0 saturated carbocycles. The Morgan fingerprint density at radius 2 is 1.65 bits per heavy atom. The van der Waals surface area contributed by atoms with Crippen LogP contribution in [-0.4, -0.2) is 42.1 Å². The molecule has 2 aliphatic rings. The maximum atomic E-state index is 5.82. The summed E-state index contributed by atoms with van der Waals surface area (Å²) in [4.78, 5) is 11.5. The number of aryl methyl sites for hydroxylation is 3. The first-order valence-corrected chi connectivity index (χ1v) is 9.26. The van der Waals surface area contributed by atoms with Gasteiger partial charge in [-0.05, 0) is 31.9 Å². The van der Waals surface area contributed by atoms with Crippen molar-refractivity contribution in [2.45, 2.75) is 39.4 Å². The molecule has 0 bridgehead atoms. The van der Waals surface area contributed by atoms with Crippen LogP contribution in [-0.2, 0) is 9.47 Å². The van der Waals surface area contributed by atoms with Crippen molar-refractivity contribution in [3.63, 3.8) is 0 Å². The van der Waals surface area contributed by atoms with Gasteiger partial charge in [-0.1, -0.05) is 18.2 Å². The van der Waals surface area contributed by atoms with E-state index in [9.17, 15) is 0 Å². The Balaban J connectivity index is 1.53. The Kier molecular flexibility index (Phi) is 4.54. The topological polar surface area (TPSA) is 59.5 Å². The number of nitrogens with zero attached hydrogens (tertiary/aromatic N) is 3. The van der Waals surface area contributed by atoms with Gasteiger partial charge in [0.2, 0.25) is 0 Å². The van der Waals surface area contributed by atoms with Crippen LogP contribution in [0.4, 0.5) is 17.3 Å². The molecule has 0 unspecified atom stereocenters. The van der Waals surface area contributed by atoms with Gasteiger partial charge < -0.3 is 19.7 Å². The van der Waals surface area contributed by atoms with E-state index < -0.39 is 0 Å². The van der Waals surface area contributed by atoms with Crippen LogP contribution in [0.2, 0.25) is 0 Å². The molecule has 138 valence electrons. The van der Waals surface area contributed by atoms with Gasteiger partial charge in [-0.2, -0.15) is 0 Å². The van der Waals surface area contributed by atoms with E-state index in [0.29, 0.717) is 13.2 Å². The standard InChI is InChI=1S/C20H26N4O2/c1-14-5-4-6-15(2)19(14)23-17-13-18(22-16(3)21-17)24-9-7-20(8-10-24)25-11-12-26-20/h4-6,13H,7-12H2,1-3H3,(H,21,22,23). The summed E-state index contributed by atoms with van der Waals surface area (Å²) in [6, 6.07) is 8.32. The highest BCUT2D eigenvalue weighted by molar-refractivity contribution is 5.66. The molecule has 1 N–H and O–H groups in total. The maximum Gasteiger partial charge on any atom is 0.171 e. The van der Waals surface area contributed by atoms with Crippen LogP contribution in [0.5, 0.6) is 0 Å². The zero-order valence-electron chi connectivity index (χ0n) is 15.7. The van der Waals surface area contributed by atoms with Crippen LogP contribution in [0.3, 0.4) is 0 Å². The second-order valence-corrected chi connectivity index (χ2v) is 7.15. The number of nitrogens with one attached hydrogen (secondary N) is 1. The molecular weight excluding hydrogens is 328 g/mol. The van der Waals surface area contributed by atoms with Gasteiger partial charge in [0.15, 0.2) is 5.79 Å². The van der Waals surface area contributed by atoms with Crippen molar-refractivity contribution < 1.29 is 9.47 Å². The number of hydrogen-bond donors (Lipinski definition) is 1. The molecule has 4 rings (SSSR count). The summed E-state index contributed by atoms with van der Waals surface area (Å²) >= 11 is 0. The second-order valence-electron chi connectivity index (χ2n) is 7.15. The number of benzene rings is 1. The molecule has 0 atom stereocenters. The average molecular weight is 354 g/mol. The second kappa shape index (κ2) is 6.85. The van der Waals surface area contributed by atoms with Crippen LogP contribution < -0.4 is 10.2 Å². The third kappa shape index (κ3) is 3.39. The lowest BCUT2D eigenvalue weighted by Gasteiger charge is -2.38. The number of piperidine rings is 1. The quantitative estimate of drug-likeness (QED) is 0.910. The summed E-state index contributed by atoms with van der Waals surface area (Å²) < 4.78 is 11.6. The third-order valence-electron chi connectivity index (χ3n) is 5.22. The fraction of sp³-hybridized carbons (Fsp3) is 0.500. The van der Waals surface area contributed by atoms with Crippen molar-refractivity contribution in [2.75, 3.05) is 36.5 Å². The van der Waals surface area contributed by atoms with E-state index in [1.54, 1.807) is 0 Å². The number of para-hydroxylation sites is 1. The molecule has 2 aliphatic heterocycles. The van der Waals surface area contributed by atoms with E-state index in [0.717, 1.165) is 49.1 Å². The molecule has 2 fully saturated rings. The summed E-state index contributed by atoms with van der Waals surface area (Å²) in [5.74, 6) is 2.19. The SMILES string of the molecule is Cc1nc(Nc2c(C)cccc2C)cc(N2CCC3(CC2)OCCO3)n1. The van der Waals surface area contributed by atoms with Crippen LogP contribution in [0.15, 0.2) is 24.3 Å². The maximum absolute atomic E-state index is 5.82. The highest BCUT2D eigenvalue weighted by atomic mass is 16.7. The first-order chi connectivity index (χ1) is 12.5. The molecule has 1 aromatic carbocycles. The molecule has 2 saturated heterocycles. The fourth-order valence-corrected chi connectivity index (χ4v) is 3.78. The van der Waals surface area contributed by atoms with Gasteiger partial charge in [-0.15, -0.1) is 0 Å². The van der Waals surface area contributed by atoms with E-state index >= 15 is 0 Å². The Morgan fingerprint density at radius 3 is 2.31 bits per heavy atom. The zero-order valence-corrected chi connectivity index (χ0v) is 15.7. The Morgan fingerprint density at radius 1 is 1.00 bits per heavy atom. The van der Waals surface area contributed by atoms with Gasteiger partial charge in [0, 0.05) is 37.7 Å². The number of aromatic nitrogens is 2. The lowest BCUT2D eigenvalue weighted by atomic mass is 10.0. The Bertz CT molecular complexity index is 772. The van der Waals surface area contributed by atoms with Crippen molar-refractivity contribution in [1.29, 1.82) is 0 Å². The molecule has 2 aromatic rings. The van der Waals surface area contributed by atoms with Crippen molar-refractivity contribution in [1.82, 2.24) is 9.97 Å². The molecular formula is C20H26N4O2. The van der Waals surface area contributed by atoms with Crippen LogP contribution in [0.1, 0.15) is 29.8 Å². The smallest absolute Gasteiger partial charge is 0.171 e. The van der Waals surface area contributed by atoms with Crippen LogP contribution in [0.25, 0.3) is 0 Å². The number of rotatable bonds is 3. The predicted molar refractivity (Wildman–Crippen MR) is 102 cm³/mol. The molecule has 26 heavy (non-hydrogen) atoms. The van der Waals surface area contributed by atoms with Crippen LogP contribution in [0, 0.1) is 20.8 Å². The Labute approximate surface area is 154 Å². The molecule has 1 spiro atoms. The first-order valence-electron chi connectivity index (χ1n) is 9.26. The minimum atomic E-state index is -0.363. The van der Waals surface area contributed by atoms with Gasteiger partial charge in [0.25, 0.3) is 0 Å². The van der Waals surface area contributed by atoms with E-state index in [1.165, 1.54) is 11.1 Å². The fourth-order valence-electron chi connectivity index (χ4n) is 3.78. The van der Waals surface area contributed by atoms with Gasteiger partial charge in [-0.3, -0.25) is 0 Å². The summed E-state index contributed by atoms with van der Waals surface area (Å²) in [5.41, 5.74) is 3.53. The van der Waals surface area contributed by atoms with Crippen molar-refractivity contribution in [2.24, 2.45) is 0 Å². The summed E-state index contributed by atoms with van der Waals surface area (Å²) in [6.45, 7) is 9.31. The van der Waals surface area contributed by atoms with Crippen LogP contribution >= 0.6 is 0 Å². The van der Waals surface area contributed by atoms with Gasteiger partial charge in [0.05, 0.1) is 13.2 Å². The largest absolute Gasteiger partial charge is 0.356 e. The van der Waals surface area contributed by atoms with E-state index in [2.05, 4.69) is 52.2 Å². The van der Waals surface area contributed by atoms with E-state index in [4.69, 9.17) is 9.47 Å². The summed E-state index contributed by atoms with van der Waals surface area (Å²) in [5, 5.41) is 3.48. The summed E-state index contributed by atoms with van der Waals surface area (Å²) in [7, 11) is 0. The number of anilines is 3. The zero-order chi connectivity index (χ0) is 18.1. The Hall–Kier alpha value is -2.18. The van der Waals surface area contributed by atoms with Gasteiger partial charge in [0.1, 0.15) is 17.5 Å². The van der Waals surface area contributed by atoms with Crippen molar-refractivity contribution in [3.05, 3.63) is 41.2 Å². The normalized spacial score (nSPS) is 19.1. The predicted octanol–water partition coefficient (Wildman–Crippen LogP) is 3.49. The molecule has 1 aromatic heterocycles. The van der Waals surface area contributed by atoms with E-state index in [1.807, 2.05) is 13.0 Å². The molecule has 6 heteroatoms. The number of hydrogen-bond acceptors (Lipinski definition) is 6. The average Bonchev–Trinajstić information content (AvgIpc) is 3.06. The molecule has 3 heterocycles.